The van der Waals surface area contributed by atoms with Gasteiger partial charge in [0.05, 0.1) is 11.2 Å². The molecular formula is C14H21ClN4O. The number of halogens is 1. The van der Waals surface area contributed by atoms with Crippen LogP contribution in [0.2, 0.25) is 5.02 Å². The van der Waals surface area contributed by atoms with Crippen molar-refractivity contribution in [3.63, 3.8) is 0 Å². The molecule has 1 saturated carbocycles. The molecule has 1 aromatic rings. The van der Waals surface area contributed by atoms with E-state index < -0.39 is 0 Å². The van der Waals surface area contributed by atoms with Crippen LogP contribution in [0.1, 0.15) is 25.7 Å². The fourth-order valence-electron chi connectivity index (χ4n) is 2.81. The summed E-state index contributed by atoms with van der Waals surface area (Å²) in [5.41, 5.74) is 6.29. The molecule has 1 aliphatic carbocycles. The lowest BCUT2D eigenvalue weighted by Gasteiger charge is -2.33. The third-order valence-corrected chi connectivity index (χ3v) is 4.64. The van der Waals surface area contributed by atoms with Crippen molar-refractivity contribution >= 4 is 17.3 Å². The van der Waals surface area contributed by atoms with Gasteiger partial charge in [0.25, 0.3) is 5.56 Å². The lowest BCUT2D eigenvalue weighted by atomic mass is 9.97. The van der Waals surface area contributed by atoms with E-state index in [0.717, 1.165) is 39.0 Å². The van der Waals surface area contributed by atoms with Crippen LogP contribution in [0.15, 0.2) is 11.0 Å². The second kappa shape index (κ2) is 5.74. The molecule has 1 aliphatic heterocycles. The molecular weight excluding hydrogens is 276 g/mol. The van der Waals surface area contributed by atoms with Crippen molar-refractivity contribution in [1.29, 1.82) is 0 Å². The molecule has 1 saturated heterocycles. The van der Waals surface area contributed by atoms with Crippen LogP contribution in [-0.4, -0.2) is 29.4 Å². The first-order chi connectivity index (χ1) is 9.69. The zero-order valence-electron chi connectivity index (χ0n) is 11.6. The minimum atomic E-state index is -0.0457. The summed E-state index contributed by atoms with van der Waals surface area (Å²) in [5.74, 6) is 1.19. The number of rotatable bonds is 4. The monoisotopic (exact) mass is 296 g/mol. The Morgan fingerprint density at radius 3 is 2.55 bits per heavy atom. The SMILES string of the molecule is NCC1CCN(c2c(Cl)cnn(CC3CC3)c2=O)CC1. The maximum atomic E-state index is 12.6. The summed E-state index contributed by atoms with van der Waals surface area (Å²) in [5, 5.41) is 4.64. The number of anilines is 1. The number of hydrogen-bond acceptors (Lipinski definition) is 4. The summed E-state index contributed by atoms with van der Waals surface area (Å²) in [6, 6.07) is 0. The molecule has 5 nitrogen and oxygen atoms in total. The van der Waals surface area contributed by atoms with Gasteiger partial charge >= 0.3 is 0 Å². The zero-order chi connectivity index (χ0) is 14.1. The Labute approximate surface area is 123 Å². The van der Waals surface area contributed by atoms with E-state index in [1.54, 1.807) is 10.9 Å². The van der Waals surface area contributed by atoms with Gasteiger partial charge in [-0.1, -0.05) is 11.6 Å². The zero-order valence-corrected chi connectivity index (χ0v) is 12.4. The summed E-state index contributed by atoms with van der Waals surface area (Å²) < 4.78 is 1.58. The normalized spacial score (nSPS) is 20.4. The topological polar surface area (TPSA) is 64.2 Å². The van der Waals surface area contributed by atoms with Gasteiger partial charge in [-0.05, 0) is 44.1 Å². The first kappa shape index (κ1) is 13.9. The van der Waals surface area contributed by atoms with Crippen molar-refractivity contribution in [1.82, 2.24) is 9.78 Å². The maximum absolute atomic E-state index is 12.6. The van der Waals surface area contributed by atoms with Gasteiger partial charge in [-0.25, -0.2) is 4.68 Å². The quantitative estimate of drug-likeness (QED) is 0.914. The van der Waals surface area contributed by atoms with Crippen LogP contribution >= 0.6 is 11.6 Å². The predicted octanol–water partition coefficient (Wildman–Crippen LogP) is 1.48. The van der Waals surface area contributed by atoms with Crippen molar-refractivity contribution in [3.05, 3.63) is 21.6 Å². The molecule has 0 atom stereocenters. The van der Waals surface area contributed by atoms with E-state index in [1.165, 1.54) is 12.8 Å². The standard InChI is InChI=1S/C14H21ClN4O/c15-12-8-17-19(9-11-1-2-11)14(20)13(12)18-5-3-10(7-16)4-6-18/h8,10-11H,1-7,9,16H2. The smallest absolute Gasteiger partial charge is 0.291 e. The summed E-state index contributed by atoms with van der Waals surface area (Å²) in [6.07, 6.45) is 6.06. The molecule has 0 bridgehead atoms. The Kier molecular flexibility index (Phi) is 3.98. The molecule has 110 valence electrons. The van der Waals surface area contributed by atoms with Crippen LogP contribution in [0.5, 0.6) is 0 Å². The van der Waals surface area contributed by atoms with Crippen molar-refractivity contribution in [2.45, 2.75) is 32.2 Å². The Morgan fingerprint density at radius 2 is 1.95 bits per heavy atom. The van der Waals surface area contributed by atoms with Gasteiger partial charge in [0, 0.05) is 19.6 Å². The minimum absolute atomic E-state index is 0.0457. The Balaban J connectivity index is 1.82. The number of aromatic nitrogens is 2. The Bertz CT molecular complexity index is 532. The average molecular weight is 297 g/mol. The van der Waals surface area contributed by atoms with Crippen LogP contribution < -0.4 is 16.2 Å². The minimum Gasteiger partial charge on any atom is -0.366 e. The van der Waals surface area contributed by atoms with Gasteiger partial charge in [0.2, 0.25) is 0 Å². The fourth-order valence-corrected chi connectivity index (χ4v) is 3.06. The predicted molar refractivity (Wildman–Crippen MR) is 80.2 cm³/mol. The molecule has 0 spiro atoms. The van der Waals surface area contributed by atoms with Crippen molar-refractivity contribution in [2.75, 3.05) is 24.5 Å². The van der Waals surface area contributed by atoms with Gasteiger partial charge in [0.15, 0.2) is 0 Å². The van der Waals surface area contributed by atoms with Gasteiger partial charge in [-0.3, -0.25) is 4.79 Å². The van der Waals surface area contributed by atoms with Crippen molar-refractivity contribution < 1.29 is 0 Å². The van der Waals surface area contributed by atoms with E-state index in [1.807, 2.05) is 0 Å². The highest BCUT2D eigenvalue weighted by Crippen LogP contribution is 2.31. The molecule has 2 N–H and O–H groups in total. The summed E-state index contributed by atoms with van der Waals surface area (Å²) in [7, 11) is 0. The highest BCUT2D eigenvalue weighted by Gasteiger charge is 2.26. The number of hydrogen-bond donors (Lipinski definition) is 1. The van der Waals surface area contributed by atoms with Crippen molar-refractivity contribution in [2.24, 2.45) is 17.6 Å². The largest absolute Gasteiger partial charge is 0.366 e. The lowest BCUT2D eigenvalue weighted by molar-refractivity contribution is 0.412. The van der Waals surface area contributed by atoms with E-state index in [0.29, 0.717) is 22.5 Å². The van der Waals surface area contributed by atoms with E-state index in [9.17, 15) is 4.79 Å². The van der Waals surface area contributed by atoms with E-state index >= 15 is 0 Å². The van der Waals surface area contributed by atoms with Crippen molar-refractivity contribution in [3.8, 4) is 0 Å². The molecule has 1 aromatic heterocycles. The highest BCUT2D eigenvalue weighted by atomic mass is 35.5. The first-order valence-corrected chi connectivity index (χ1v) is 7.77. The second-order valence-corrected chi connectivity index (χ2v) is 6.35. The Hall–Kier alpha value is -1.07. The van der Waals surface area contributed by atoms with Gasteiger partial charge < -0.3 is 10.6 Å². The number of nitrogens with zero attached hydrogens (tertiary/aromatic N) is 3. The third kappa shape index (κ3) is 2.83. The summed E-state index contributed by atoms with van der Waals surface area (Å²) >= 11 is 6.22. The average Bonchev–Trinajstić information content (AvgIpc) is 3.27. The Morgan fingerprint density at radius 1 is 1.25 bits per heavy atom. The van der Waals surface area contributed by atoms with E-state index in [2.05, 4.69) is 10.00 Å². The van der Waals surface area contributed by atoms with Crippen LogP contribution in [-0.2, 0) is 6.54 Å². The van der Waals surface area contributed by atoms with E-state index in [4.69, 9.17) is 17.3 Å². The number of piperidine rings is 1. The van der Waals surface area contributed by atoms with Gasteiger partial charge in [0.1, 0.15) is 5.69 Å². The van der Waals surface area contributed by atoms with Gasteiger partial charge in [-0.15, -0.1) is 0 Å². The lowest BCUT2D eigenvalue weighted by Crippen LogP contribution is -2.40. The van der Waals surface area contributed by atoms with Gasteiger partial charge in [-0.2, -0.15) is 5.10 Å². The van der Waals surface area contributed by atoms with Crippen LogP contribution in [0, 0.1) is 11.8 Å². The highest BCUT2D eigenvalue weighted by molar-refractivity contribution is 6.33. The summed E-state index contributed by atoms with van der Waals surface area (Å²) in [4.78, 5) is 14.7. The molecule has 2 aliphatic rings. The van der Waals surface area contributed by atoms with Crippen LogP contribution in [0.4, 0.5) is 5.69 Å². The second-order valence-electron chi connectivity index (χ2n) is 5.94. The molecule has 2 fully saturated rings. The first-order valence-electron chi connectivity index (χ1n) is 7.39. The third-order valence-electron chi connectivity index (χ3n) is 4.37. The van der Waals surface area contributed by atoms with E-state index in [-0.39, 0.29) is 5.56 Å². The van der Waals surface area contributed by atoms with Crippen LogP contribution in [0.25, 0.3) is 0 Å². The molecule has 6 heteroatoms. The van der Waals surface area contributed by atoms with Crippen LogP contribution in [0.3, 0.4) is 0 Å². The molecule has 2 heterocycles. The number of nitrogens with two attached hydrogens (primary N) is 1. The maximum Gasteiger partial charge on any atom is 0.291 e. The molecule has 0 unspecified atom stereocenters. The molecule has 0 radical (unpaired) electrons. The molecule has 0 amide bonds. The molecule has 0 aromatic carbocycles. The fraction of sp³-hybridized carbons (Fsp3) is 0.714. The molecule has 3 rings (SSSR count). The molecule has 20 heavy (non-hydrogen) atoms. The summed E-state index contributed by atoms with van der Waals surface area (Å²) in [6.45, 7) is 3.15.